The zero-order valence-electron chi connectivity index (χ0n) is 10.6. The smallest absolute Gasteiger partial charge is 0.322 e. The summed E-state index contributed by atoms with van der Waals surface area (Å²) in [4.78, 5) is 12.0. The Labute approximate surface area is 112 Å². The van der Waals surface area contributed by atoms with E-state index in [4.69, 9.17) is 16.3 Å². The van der Waals surface area contributed by atoms with Crippen LogP contribution in [0.1, 0.15) is 25.7 Å². The third-order valence-corrected chi connectivity index (χ3v) is 3.41. The van der Waals surface area contributed by atoms with Crippen molar-refractivity contribution in [3.8, 4) is 6.01 Å². The second-order valence-electron chi connectivity index (χ2n) is 4.40. The minimum absolute atomic E-state index is 0.147. The molecule has 0 amide bonds. The highest BCUT2D eigenvalue weighted by Crippen LogP contribution is 2.21. The van der Waals surface area contributed by atoms with Crippen LogP contribution < -0.4 is 15.4 Å². The normalized spacial score (nSPS) is 23.7. The van der Waals surface area contributed by atoms with Gasteiger partial charge in [0.2, 0.25) is 11.2 Å². The molecule has 7 heteroatoms. The maximum absolute atomic E-state index is 5.80. The number of nitrogens with one attached hydrogen (secondary N) is 2. The van der Waals surface area contributed by atoms with Crippen LogP contribution in [0.15, 0.2) is 0 Å². The molecule has 0 aliphatic heterocycles. The summed E-state index contributed by atoms with van der Waals surface area (Å²) in [6.45, 7) is 0. The lowest BCUT2D eigenvalue weighted by molar-refractivity contribution is 0.366. The second-order valence-corrected chi connectivity index (χ2v) is 4.73. The summed E-state index contributed by atoms with van der Waals surface area (Å²) in [6, 6.07) is 1.25. The molecule has 1 aromatic heterocycles. The van der Waals surface area contributed by atoms with E-state index in [9.17, 15) is 0 Å². The highest BCUT2D eigenvalue weighted by molar-refractivity contribution is 6.28. The van der Waals surface area contributed by atoms with Crippen molar-refractivity contribution in [3.63, 3.8) is 0 Å². The van der Waals surface area contributed by atoms with Gasteiger partial charge >= 0.3 is 6.01 Å². The van der Waals surface area contributed by atoms with Crippen molar-refractivity contribution in [2.75, 3.05) is 19.5 Å². The van der Waals surface area contributed by atoms with Crippen LogP contribution in [0.3, 0.4) is 0 Å². The van der Waals surface area contributed by atoms with Crippen molar-refractivity contribution in [2.24, 2.45) is 0 Å². The SMILES string of the molecule is CNC1CCC(Nc2nc(Cl)nc(OC)n2)CC1. The van der Waals surface area contributed by atoms with Gasteiger partial charge in [0.25, 0.3) is 0 Å². The molecule has 0 atom stereocenters. The molecule has 0 spiro atoms. The molecule has 0 radical (unpaired) electrons. The average Bonchev–Trinajstić information content (AvgIpc) is 2.39. The predicted octanol–water partition coefficient (Wildman–Crippen LogP) is 1.48. The molecule has 1 aromatic rings. The second kappa shape index (κ2) is 6.15. The first-order chi connectivity index (χ1) is 8.71. The number of nitrogens with zero attached hydrogens (tertiary/aromatic N) is 3. The van der Waals surface area contributed by atoms with Gasteiger partial charge in [-0.25, -0.2) is 0 Å². The van der Waals surface area contributed by atoms with Crippen molar-refractivity contribution in [1.29, 1.82) is 0 Å². The summed E-state index contributed by atoms with van der Waals surface area (Å²) in [5.74, 6) is 0.486. The fourth-order valence-electron chi connectivity index (χ4n) is 2.20. The van der Waals surface area contributed by atoms with Gasteiger partial charge in [0.15, 0.2) is 0 Å². The Balaban J connectivity index is 1.95. The molecule has 6 nitrogen and oxygen atoms in total. The quantitative estimate of drug-likeness (QED) is 0.864. The number of hydrogen-bond donors (Lipinski definition) is 2. The molecule has 1 aliphatic carbocycles. The Morgan fingerprint density at radius 1 is 1.11 bits per heavy atom. The highest BCUT2D eigenvalue weighted by atomic mass is 35.5. The van der Waals surface area contributed by atoms with E-state index in [1.165, 1.54) is 7.11 Å². The fourth-order valence-corrected chi connectivity index (χ4v) is 2.35. The molecule has 1 aliphatic rings. The first kappa shape index (κ1) is 13.3. The van der Waals surface area contributed by atoms with Crippen LogP contribution in [0.25, 0.3) is 0 Å². The van der Waals surface area contributed by atoms with Crippen molar-refractivity contribution in [3.05, 3.63) is 5.28 Å². The van der Waals surface area contributed by atoms with Gasteiger partial charge in [-0.05, 0) is 44.3 Å². The molecular formula is C11H18ClN5O. The summed E-state index contributed by atoms with van der Waals surface area (Å²) in [7, 11) is 3.52. The molecule has 1 heterocycles. The van der Waals surface area contributed by atoms with Crippen LogP contribution in [0, 0.1) is 0 Å². The molecule has 2 rings (SSSR count). The van der Waals surface area contributed by atoms with E-state index in [0.29, 0.717) is 18.0 Å². The number of aromatic nitrogens is 3. The Morgan fingerprint density at radius 2 is 1.78 bits per heavy atom. The van der Waals surface area contributed by atoms with E-state index in [2.05, 4.69) is 25.6 Å². The van der Waals surface area contributed by atoms with Crippen molar-refractivity contribution < 1.29 is 4.74 Å². The number of methoxy groups -OCH3 is 1. The fraction of sp³-hybridized carbons (Fsp3) is 0.727. The van der Waals surface area contributed by atoms with Crippen LogP contribution in [0.5, 0.6) is 6.01 Å². The number of rotatable bonds is 4. The molecule has 2 N–H and O–H groups in total. The van der Waals surface area contributed by atoms with E-state index in [1.807, 2.05) is 7.05 Å². The maximum atomic E-state index is 5.80. The van der Waals surface area contributed by atoms with Gasteiger partial charge in [0.05, 0.1) is 7.11 Å². The van der Waals surface area contributed by atoms with Gasteiger partial charge in [-0.3, -0.25) is 0 Å². The van der Waals surface area contributed by atoms with Gasteiger partial charge in [-0.15, -0.1) is 0 Å². The molecule has 0 bridgehead atoms. The summed E-state index contributed by atoms with van der Waals surface area (Å²) in [5, 5.41) is 6.74. The van der Waals surface area contributed by atoms with E-state index in [0.717, 1.165) is 25.7 Å². The van der Waals surface area contributed by atoms with Crippen LogP contribution in [0.2, 0.25) is 5.28 Å². The summed E-state index contributed by atoms with van der Waals surface area (Å²) < 4.78 is 4.96. The Bertz CT molecular complexity index is 395. The molecule has 0 saturated heterocycles. The molecule has 0 aromatic carbocycles. The van der Waals surface area contributed by atoms with Gasteiger partial charge < -0.3 is 15.4 Å². The van der Waals surface area contributed by atoms with Crippen LogP contribution >= 0.6 is 11.6 Å². The van der Waals surface area contributed by atoms with E-state index >= 15 is 0 Å². The molecule has 0 unspecified atom stereocenters. The topological polar surface area (TPSA) is 72.0 Å². The number of ether oxygens (including phenoxy) is 1. The van der Waals surface area contributed by atoms with E-state index < -0.39 is 0 Å². The van der Waals surface area contributed by atoms with Crippen LogP contribution in [0.4, 0.5) is 5.95 Å². The highest BCUT2D eigenvalue weighted by Gasteiger charge is 2.20. The lowest BCUT2D eigenvalue weighted by Gasteiger charge is -2.28. The van der Waals surface area contributed by atoms with E-state index in [1.54, 1.807) is 0 Å². The maximum Gasteiger partial charge on any atom is 0.322 e. The van der Waals surface area contributed by atoms with Crippen LogP contribution in [-0.4, -0.2) is 41.2 Å². The van der Waals surface area contributed by atoms with Gasteiger partial charge in [-0.1, -0.05) is 0 Å². The van der Waals surface area contributed by atoms with Gasteiger partial charge in [0, 0.05) is 12.1 Å². The summed E-state index contributed by atoms with van der Waals surface area (Å²) in [6.07, 6.45) is 4.50. The predicted molar refractivity (Wildman–Crippen MR) is 70.1 cm³/mol. The molecule has 1 saturated carbocycles. The minimum Gasteiger partial charge on any atom is -0.467 e. The minimum atomic E-state index is 0.147. The third-order valence-electron chi connectivity index (χ3n) is 3.24. The molecule has 18 heavy (non-hydrogen) atoms. The first-order valence-corrected chi connectivity index (χ1v) is 6.48. The zero-order chi connectivity index (χ0) is 13.0. The summed E-state index contributed by atoms with van der Waals surface area (Å²) in [5.41, 5.74) is 0. The standard InChI is InChI=1S/C11H18ClN5O/c1-13-7-3-5-8(6-4-7)14-10-15-9(12)16-11(17-10)18-2/h7-8,13H,3-6H2,1-2H3,(H,14,15,16,17). The molecule has 100 valence electrons. The molecule has 1 fully saturated rings. The van der Waals surface area contributed by atoms with Crippen LogP contribution in [-0.2, 0) is 0 Å². The van der Waals surface area contributed by atoms with Crippen molar-refractivity contribution in [1.82, 2.24) is 20.3 Å². The first-order valence-electron chi connectivity index (χ1n) is 6.10. The number of hydrogen-bond acceptors (Lipinski definition) is 6. The summed E-state index contributed by atoms with van der Waals surface area (Å²) >= 11 is 5.80. The van der Waals surface area contributed by atoms with Gasteiger partial charge in [-0.2, -0.15) is 15.0 Å². The Hall–Kier alpha value is -1.14. The number of anilines is 1. The van der Waals surface area contributed by atoms with E-state index in [-0.39, 0.29) is 11.3 Å². The average molecular weight is 272 g/mol. The Morgan fingerprint density at radius 3 is 2.39 bits per heavy atom. The number of halogens is 1. The third kappa shape index (κ3) is 3.43. The monoisotopic (exact) mass is 271 g/mol. The molecular weight excluding hydrogens is 254 g/mol. The van der Waals surface area contributed by atoms with Crippen molar-refractivity contribution >= 4 is 17.5 Å². The van der Waals surface area contributed by atoms with Crippen molar-refractivity contribution in [2.45, 2.75) is 37.8 Å². The largest absolute Gasteiger partial charge is 0.467 e. The zero-order valence-corrected chi connectivity index (χ0v) is 11.4. The Kier molecular flexibility index (Phi) is 4.54. The van der Waals surface area contributed by atoms with Gasteiger partial charge in [0.1, 0.15) is 0 Å². The lowest BCUT2D eigenvalue weighted by atomic mass is 9.91. The lowest BCUT2D eigenvalue weighted by Crippen LogP contribution is -2.35.